The first kappa shape index (κ1) is 17.0. The standard InChI is InChI=1S/C18H37N/c1-8-14-11-17(4,5)13-19-18(6,7)12-15(9-2)16(14)10-3/h14-16,19H,8-13H2,1-7H3. The van der Waals surface area contributed by atoms with Crippen molar-refractivity contribution in [3.63, 3.8) is 0 Å². The van der Waals surface area contributed by atoms with Crippen molar-refractivity contribution in [2.75, 3.05) is 6.54 Å². The van der Waals surface area contributed by atoms with Gasteiger partial charge < -0.3 is 5.32 Å². The molecule has 1 aliphatic heterocycles. The summed E-state index contributed by atoms with van der Waals surface area (Å²) in [5, 5.41) is 3.84. The molecule has 1 rings (SSSR count). The van der Waals surface area contributed by atoms with Gasteiger partial charge in [-0.05, 0) is 49.9 Å². The summed E-state index contributed by atoms with van der Waals surface area (Å²) in [6.45, 7) is 18.0. The molecule has 0 aromatic carbocycles. The maximum Gasteiger partial charge on any atom is 0.0128 e. The molecular formula is C18H37N. The Bertz CT molecular complexity index is 241. The van der Waals surface area contributed by atoms with Crippen LogP contribution in [0.15, 0.2) is 0 Å². The normalized spacial score (nSPS) is 35.2. The topological polar surface area (TPSA) is 12.0 Å². The summed E-state index contributed by atoms with van der Waals surface area (Å²) in [6, 6.07) is 0. The van der Waals surface area contributed by atoms with E-state index in [9.17, 15) is 0 Å². The minimum atomic E-state index is 0.286. The molecule has 3 unspecified atom stereocenters. The van der Waals surface area contributed by atoms with Crippen LogP contribution in [0.1, 0.15) is 80.6 Å². The molecule has 0 amide bonds. The zero-order chi connectivity index (χ0) is 14.7. The Morgan fingerprint density at radius 1 is 0.842 bits per heavy atom. The van der Waals surface area contributed by atoms with Crippen molar-refractivity contribution in [1.82, 2.24) is 5.32 Å². The molecule has 114 valence electrons. The highest BCUT2D eigenvalue weighted by molar-refractivity contribution is 4.91. The average molecular weight is 268 g/mol. The average Bonchev–Trinajstić information content (AvgIpc) is 2.37. The van der Waals surface area contributed by atoms with Crippen LogP contribution in [0, 0.1) is 23.2 Å². The fraction of sp³-hybridized carbons (Fsp3) is 1.00. The largest absolute Gasteiger partial charge is 0.311 e. The van der Waals surface area contributed by atoms with E-state index in [0.717, 1.165) is 24.3 Å². The molecule has 1 aliphatic rings. The first-order valence-electron chi connectivity index (χ1n) is 8.49. The SMILES string of the molecule is CCC1CC(C)(C)CNC(C)(C)CC(CC)C1CC. The van der Waals surface area contributed by atoms with Gasteiger partial charge in [-0.15, -0.1) is 0 Å². The van der Waals surface area contributed by atoms with Crippen LogP contribution >= 0.6 is 0 Å². The molecule has 1 fully saturated rings. The second-order valence-electron chi connectivity index (χ2n) is 8.22. The van der Waals surface area contributed by atoms with E-state index in [2.05, 4.69) is 53.8 Å². The van der Waals surface area contributed by atoms with E-state index in [4.69, 9.17) is 0 Å². The lowest BCUT2D eigenvalue weighted by Crippen LogP contribution is -2.45. The lowest BCUT2D eigenvalue weighted by molar-refractivity contribution is 0.147. The first-order valence-corrected chi connectivity index (χ1v) is 8.49. The molecule has 1 heterocycles. The van der Waals surface area contributed by atoms with E-state index in [1.54, 1.807) is 0 Å². The van der Waals surface area contributed by atoms with E-state index in [0.29, 0.717) is 5.41 Å². The molecule has 0 aromatic heterocycles. The maximum absolute atomic E-state index is 3.84. The maximum atomic E-state index is 3.84. The molecule has 1 N–H and O–H groups in total. The Kier molecular flexibility index (Phi) is 5.92. The molecule has 0 aromatic rings. The van der Waals surface area contributed by atoms with Gasteiger partial charge in [0.05, 0.1) is 0 Å². The molecule has 1 heteroatoms. The highest BCUT2D eigenvalue weighted by Crippen LogP contribution is 2.41. The summed E-state index contributed by atoms with van der Waals surface area (Å²) in [5.41, 5.74) is 0.710. The van der Waals surface area contributed by atoms with Crippen LogP contribution < -0.4 is 5.32 Å². The number of hydrogen-bond acceptors (Lipinski definition) is 1. The van der Waals surface area contributed by atoms with E-state index in [-0.39, 0.29) is 5.54 Å². The summed E-state index contributed by atoms with van der Waals surface area (Å²) < 4.78 is 0. The fourth-order valence-corrected chi connectivity index (χ4v) is 4.24. The lowest BCUT2D eigenvalue weighted by atomic mass is 9.69. The van der Waals surface area contributed by atoms with Gasteiger partial charge in [-0.1, -0.05) is 53.9 Å². The zero-order valence-corrected chi connectivity index (χ0v) is 14.5. The summed E-state index contributed by atoms with van der Waals surface area (Å²) in [6.07, 6.45) is 6.73. The molecule has 0 spiro atoms. The van der Waals surface area contributed by atoms with Gasteiger partial charge in [0.25, 0.3) is 0 Å². The molecule has 1 saturated heterocycles. The van der Waals surface area contributed by atoms with Crippen LogP contribution in [0.2, 0.25) is 0 Å². The van der Waals surface area contributed by atoms with Crippen LogP contribution in [-0.4, -0.2) is 12.1 Å². The Morgan fingerprint density at radius 2 is 1.37 bits per heavy atom. The predicted molar refractivity (Wildman–Crippen MR) is 86.4 cm³/mol. The monoisotopic (exact) mass is 267 g/mol. The highest BCUT2D eigenvalue weighted by atomic mass is 15.0. The second kappa shape index (κ2) is 6.61. The smallest absolute Gasteiger partial charge is 0.0128 e. The minimum Gasteiger partial charge on any atom is -0.311 e. The van der Waals surface area contributed by atoms with Gasteiger partial charge in [-0.2, -0.15) is 0 Å². The van der Waals surface area contributed by atoms with Crippen molar-refractivity contribution in [2.24, 2.45) is 23.2 Å². The van der Waals surface area contributed by atoms with Crippen molar-refractivity contribution in [3.8, 4) is 0 Å². The molecular weight excluding hydrogens is 230 g/mol. The van der Waals surface area contributed by atoms with Crippen LogP contribution in [0.3, 0.4) is 0 Å². The van der Waals surface area contributed by atoms with Gasteiger partial charge in [0.15, 0.2) is 0 Å². The summed E-state index contributed by atoms with van der Waals surface area (Å²) in [4.78, 5) is 0. The van der Waals surface area contributed by atoms with Crippen molar-refractivity contribution in [2.45, 2.75) is 86.1 Å². The van der Waals surface area contributed by atoms with Gasteiger partial charge in [-0.25, -0.2) is 0 Å². The predicted octanol–water partition coefficient (Wildman–Crippen LogP) is 5.25. The second-order valence-corrected chi connectivity index (χ2v) is 8.22. The van der Waals surface area contributed by atoms with E-state index in [1.807, 2.05) is 0 Å². The third kappa shape index (κ3) is 4.77. The summed E-state index contributed by atoms with van der Waals surface area (Å²) in [5.74, 6) is 2.69. The molecule has 3 atom stereocenters. The number of hydrogen-bond donors (Lipinski definition) is 1. The molecule has 1 nitrogen and oxygen atoms in total. The summed E-state index contributed by atoms with van der Waals surface area (Å²) >= 11 is 0. The quantitative estimate of drug-likeness (QED) is 0.736. The van der Waals surface area contributed by atoms with Crippen LogP contribution in [0.25, 0.3) is 0 Å². The Morgan fingerprint density at radius 3 is 1.84 bits per heavy atom. The van der Waals surface area contributed by atoms with Gasteiger partial charge in [0, 0.05) is 12.1 Å². The van der Waals surface area contributed by atoms with Crippen molar-refractivity contribution >= 4 is 0 Å². The molecule has 19 heavy (non-hydrogen) atoms. The van der Waals surface area contributed by atoms with Gasteiger partial charge in [0.1, 0.15) is 0 Å². The van der Waals surface area contributed by atoms with E-state index < -0.39 is 0 Å². The molecule has 0 saturated carbocycles. The van der Waals surface area contributed by atoms with E-state index >= 15 is 0 Å². The first-order chi connectivity index (χ1) is 8.74. The van der Waals surface area contributed by atoms with Crippen molar-refractivity contribution < 1.29 is 0 Å². The molecule has 0 bridgehead atoms. The van der Waals surface area contributed by atoms with Gasteiger partial charge >= 0.3 is 0 Å². The van der Waals surface area contributed by atoms with Gasteiger partial charge in [0.2, 0.25) is 0 Å². The highest BCUT2D eigenvalue weighted by Gasteiger charge is 2.36. The van der Waals surface area contributed by atoms with Gasteiger partial charge in [-0.3, -0.25) is 0 Å². The lowest BCUT2D eigenvalue weighted by Gasteiger charge is -2.36. The Balaban J connectivity index is 3.03. The van der Waals surface area contributed by atoms with Crippen molar-refractivity contribution in [3.05, 3.63) is 0 Å². The number of nitrogens with one attached hydrogen (secondary N) is 1. The molecule has 0 radical (unpaired) electrons. The van der Waals surface area contributed by atoms with Crippen LogP contribution in [-0.2, 0) is 0 Å². The fourth-order valence-electron chi connectivity index (χ4n) is 4.24. The Hall–Kier alpha value is -0.0400. The third-order valence-corrected chi connectivity index (χ3v) is 5.36. The molecule has 0 aliphatic carbocycles. The minimum absolute atomic E-state index is 0.286. The summed E-state index contributed by atoms with van der Waals surface area (Å²) in [7, 11) is 0. The Labute approximate surface area is 121 Å². The van der Waals surface area contributed by atoms with Crippen LogP contribution in [0.5, 0.6) is 0 Å². The van der Waals surface area contributed by atoms with E-state index in [1.165, 1.54) is 32.1 Å². The zero-order valence-electron chi connectivity index (χ0n) is 14.5. The van der Waals surface area contributed by atoms with Crippen molar-refractivity contribution in [1.29, 1.82) is 0 Å². The third-order valence-electron chi connectivity index (χ3n) is 5.36. The number of rotatable bonds is 3. The van der Waals surface area contributed by atoms with Crippen LogP contribution in [0.4, 0.5) is 0 Å².